The Morgan fingerprint density at radius 1 is 0.667 bits per heavy atom. The third-order valence-electron chi connectivity index (χ3n) is 4.83. The second-order valence-corrected chi connectivity index (χ2v) is 8.31. The van der Waals surface area contributed by atoms with Gasteiger partial charge in [0, 0.05) is 11.3 Å². The highest BCUT2D eigenvalue weighted by Gasteiger charge is 2.10. The summed E-state index contributed by atoms with van der Waals surface area (Å²) >= 11 is 11.8. The van der Waals surface area contributed by atoms with Crippen LogP contribution in [-0.4, -0.2) is 22.5 Å². The third kappa shape index (κ3) is 18.9. The standard InChI is InChI=1S/C21H42Cl2O/c1-2-3-4-5-6-7-8-9-10-11-12-13-14-15-16-17-20(23)18-21(24)19-22/h20-21,24H,2-19H2,1H3. The molecule has 0 heterocycles. The Balaban J connectivity index is 3.10. The molecule has 1 N–H and O–H groups in total. The summed E-state index contributed by atoms with van der Waals surface area (Å²) in [5.74, 6) is 0.294. The van der Waals surface area contributed by atoms with Gasteiger partial charge in [-0.05, 0) is 12.8 Å². The molecule has 0 bridgehead atoms. The van der Waals surface area contributed by atoms with Crippen LogP contribution < -0.4 is 0 Å². The number of hydrogen-bond donors (Lipinski definition) is 1. The Hall–Kier alpha value is 0.540. The van der Waals surface area contributed by atoms with Crippen LogP contribution in [-0.2, 0) is 0 Å². The molecular formula is C21H42Cl2O. The minimum atomic E-state index is -0.439. The Labute approximate surface area is 161 Å². The topological polar surface area (TPSA) is 20.2 Å². The fourth-order valence-corrected chi connectivity index (χ4v) is 3.70. The van der Waals surface area contributed by atoms with Gasteiger partial charge in [0.15, 0.2) is 0 Å². The maximum absolute atomic E-state index is 9.44. The molecule has 0 aromatic rings. The number of rotatable bonds is 19. The predicted molar refractivity (Wildman–Crippen MR) is 111 cm³/mol. The van der Waals surface area contributed by atoms with Gasteiger partial charge in [0.2, 0.25) is 0 Å². The van der Waals surface area contributed by atoms with Crippen molar-refractivity contribution in [3.05, 3.63) is 0 Å². The number of hydrogen-bond acceptors (Lipinski definition) is 1. The van der Waals surface area contributed by atoms with Gasteiger partial charge in [0.1, 0.15) is 0 Å². The van der Waals surface area contributed by atoms with Gasteiger partial charge >= 0.3 is 0 Å². The third-order valence-corrected chi connectivity index (χ3v) is 5.58. The van der Waals surface area contributed by atoms with Crippen LogP contribution in [0.25, 0.3) is 0 Å². The first-order chi connectivity index (χ1) is 11.7. The average Bonchev–Trinajstić information content (AvgIpc) is 2.58. The lowest BCUT2D eigenvalue weighted by Crippen LogP contribution is -2.15. The molecule has 146 valence electrons. The van der Waals surface area contributed by atoms with E-state index < -0.39 is 6.10 Å². The van der Waals surface area contributed by atoms with Gasteiger partial charge in [0.25, 0.3) is 0 Å². The molecule has 3 heteroatoms. The largest absolute Gasteiger partial charge is 0.392 e. The summed E-state index contributed by atoms with van der Waals surface area (Å²) in [6.45, 7) is 2.28. The maximum Gasteiger partial charge on any atom is 0.0689 e. The van der Waals surface area contributed by atoms with E-state index in [1.165, 1.54) is 96.3 Å². The fourth-order valence-electron chi connectivity index (χ4n) is 3.21. The first-order valence-electron chi connectivity index (χ1n) is 10.6. The molecular weight excluding hydrogens is 339 g/mol. The van der Waals surface area contributed by atoms with Crippen LogP contribution in [0.15, 0.2) is 0 Å². The van der Waals surface area contributed by atoms with E-state index in [0.717, 1.165) is 6.42 Å². The summed E-state index contributed by atoms with van der Waals surface area (Å²) in [6.07, 6.45) is 22.0. The van der Waals surface area contributed by atoms with E-state index in [0.29, 0.717) is 12.3 Å². The van der Waals surface area contributed by atoms with Crippen molar-refractivity contribution in [3.63, 3.8) is 0 Å². The second kappa shape index (κ2) is 19.9. The normalized spacial score (nSPS) is 14.0. The average molecular weight is 381 g/mol. The summed E-state index contributed by atoms with van der Waals surface area (Å²) in [5.41, 5.74) is 0. The molecule has 0 rings (SSSR count). The summed E-state index contributed by atoms with van der Waals surface area (Å²) in [4.78, 5) is 0. The van der Waals surface area contributed by atoms with Crippen molar-refractivity contribution in [2.45, 2.75) is 128 Å². The van der Waals surface area contributed by atoms with Crippen molar-refractivity contribution >= 4 is 23.2 Å². The SMILES string of the molecule is CCCCCCCCCCCCCCCCCC(Cl)CC(O)CCl. The van der Waals surface area contributed by atoms with E-state index in [2.05, 4.69) is 6.92 Å². The lowest BCUT2D eigenvalue weighted by molar-refractivity contribution is 0.185. The van der Waals surface area contributed by atoms with Gasteiger partial charge in [0.05, 0.1) is 6.10 Å². The van der Waals surface area contributed by atoms with Crippen LogP contribution in [0.3, 0.4) is 0 Å². The predicted octanol–water partition coefficient (Wildman–Crippen LogP) is 7.85. The van der Waals surface area contributed by atoms with Gasteiger partial charge in [-0.25, -0.2) is 0 Å². The van der Waals surface area contributed by atoms with Crippen molar-refractivity contribution < 1.29 is 5.11 Å². The summed E-state index contributed by atoms with van der Waals surface area (Å²) < 4.78 is 0. The Morgan fingerprint density at radius 3 is 1.42 bits per heavy atom. The van der Waals surface area contributed by atoms with Gasteiger partial charge < -0.3 is 5.11 Å². The van der Waals surface area contributed by atoms with Crippen LogP contribution >= 0.6 is 23.2 Å². The summed E-state index contributed by atoms with van der Waals surface area (Å²) in [5, 5.41) is 9.52. The first-order valence-corrected chi connectivity index (χ1v) is 11.6. The van der Waals surface area contributed by atoms with Gasteiger partial charge in [-0.15, -0.1) is 23.2 Å². The van der Waals surface area contributed by atoms with Crippen LogP contribution in [0.1, 0.15) is 116 Å². The molecule has 1 nitrogen and oxygen atoms in total. The minimum absolute atomic E-state index is 0.0840. The lowest BCUT2D eigenvalue weighted by atomic mass is 10.0. The zero-order valence-electron chi connectivity index (χ0n) is 16.1. The highest BCUT2D eigenvalue weighted by molar-refractivity contribution is 6.21. The molecule has 0 aromatic carbocycles. The molecule has 2 atom stereocenters. The number of aliphatic hydroxyl groups excluding tert-OH is 1. The Morgan fingerprint density at radius 2 is 1.04 bits per heavy atom. The number of aliphatic hydroxyl groups is 1. The fraction of sp³-hybridized carbons (Fsp3) is 1.00. The Bertz CT molecular complexity index is 236. The van der Waals surface area contributed by atoms with Gasteiger partial charge in [-0.3, -0.25) is 0 Å². The molecule has 0 saturated carbocycles. The number of halogens is 2. The number of unbranched alkanes of at least 4 members (excludes halogenated alkanes) is 14. The van der Waals surface area contributed by atoms with Crippen molar-refractivity contribution in [2.75, 3.05) is 5.88 Å². The van der Waals surface area contributed by atoms with Gasteiger partial charge in [-0.2, -0.15) is 0 Å². The second-order valence-electron chi connectivity index (χ2n) is 7.38. The van der Waals surface area contributed by atoms with Crippen LogP contribution in [0.2, 0.25) is 0 Å². The van der Waals surface area contributed by atoms with Crippen LogP contribution in [0.5, 0.6) is 0 Å². The minimum Gasteiger partial charge on any atom is -0.392 e. The maximum atomic E-state index is 9.44. The molecule has 2 unspecified atom stereocenters. The molecule has 0 radical (unpaired) electrons. The molecule has 24 heavy (non-hydrogen) atoms. The highest BCUT2D eigenvalue weighted by Crippen LogP contribution is 2.17. The molecule has 0 saturated heterocycles. The molecule has 0 spiro atoms. The highest BCUT2D eigenvalue weighted by atomic mass is 35.5. The molecule has 0 aliphatic carbocycles. The smallest absolute Gasteiger partial charge is 0.0689 e. The molecule has 0 aliphatic rings. The molecule has 0 aliphatic heterocycles. The van der Waals surface area contributed by atoms with E-state index >= 15 is 0 Å². The lowest BCUT2D eigenvalue weighted by Gasteiger charge is -2.12. The van der Waals surface area contributed by atoms with Crippen molar-refractivity contribution in [3.8, 4) is 0 Å². The van der Waals surface area contributed by atoms with E-state index in [1.807, 2.05) is 0 Å². The zero-order valence-corrected chi connectivity index (χ0v) is 17.6. The van der Waals surface area contributed by atoms with Gasteiger partial charge in [-0.1, -0.05) is 103 Å². The first kappa shape index (κ1) is 24.5. The Kier molecular flexibility index (Phi) is 20.3. The van der Waals surface area contributed by atoms with E-state index in [9.17, 15) is 5.11 Å². The summed E-state index contributed by atoms with van der Waals surface area (Å²) in [6, 6.07) is 0. The van der Waals surface area contributed by atoms with Crippen molar-refractivity contribution in [1.82, 2.24) is 0 Å². The van der Waals surface area contributed by atoms with Crippen molar-refractivity contribution in [1.29, 1.82) is 0 Å². The van der Waals surface area contributed by atoms with Crippen LogP contribution in [0, 0.1) is 0 Å². The van der Waals surface area contributed by atoms with E-state index in [-0.39, 0.29) is 5.38 Å². The summed E-state index contributed by atoms with van der Waals surface area (Å²) in [7, 11) is 0. The molecule has 0 amide bonds. The molecule has 0 aromatic heterocycles. The number of alkyl halides is 2. The van der Waals surface area contributed by atoms with E-state index in [4.69, 9.17) is 23.2 Å². The monoisotopic (exact) mass is 380 g/mol. The van der Waals surface area contributed by atoms with Crippen molar-refractivity contribution in [2.24, 2.45) is 0 Å². The molecule has 0 fully saturated rings. The quantitative estimate of drug-likeness (QED) is 0.178. The zero-order chi connectivity index (χ0) is 17.9. The van der Waals surface area contributed by atoms with E-state index in [1.54, 1.807) is 0 Å². The van der Waals surface area contributed by atoms with Crippen LogP contribution in [0.4, 0.5) is 0 Å².